The van der Waals surface area contributed by atoms with Gasteiger partial charge in [-0.25, -0.2) is 0 Å². The topological polar surface area (TPSA) is 35.8 Å². The molecule has 31 heavy (non-hydrogen) atoms. The summed E-state index contributed by atoms with van der Waals surface area (Å²) in [6.07, 6.45) is 11.1. The Morgan fingerprint density at radius 3 is 2.48 bits per heavy atom. The third-order valence-electron chi connectivity index (χ3n) is 7.94. The molecule has 2 aliphatic rings. The second kappa shape index (κ2) is 9.99. The lowest BCUT2D eigenvalue weighted by molar-refractivity contribution is -0.00607. The highest BCUT2D eigenvalue weighted by Crippen LogP contribution is 2.42. The summed E-state index contributed by atoms with van der Waals surface area (Å²) >= 11 is 0. The van der Waals surface area contributed by atoms with E-state index in [4.69, 9.17) is 0 Å². The number of rotatable bonds is 6. The van der Waals surface area contributed by atoms with Crippen LogP contribution in [0.4, 0.5) is 0 Å². The first kappa shape index (κ1) is 22.1. The van der Waals surface area contributed by atoms with Gasteiger partial charge in [-0.05, 0) is 62.6 Å². The Morgan fingerprint density at radius 2 is 1.74 bits per heavy atom. The van der Waals surface area contributed by atoms with Crippen LogP contribution < -0.4 is 0 Å². The molecule has 0 amide bonds. The summed E-state index contributed by atoms with van der Waals surface area (Å²) in [4.78, 5) is 2.82. The molecule has 0 bridgehead atoms. The Kier molecular flexibility index (Phi) is 7.12. The highest BCUT2D eigenvalue weighted by atomic mass is 16.4. The van der Waals surface area contributed by atoms with E-state index < -0.39 is 0 Å². The van der Waals surface area contributed by atoms with Crippen LogP contribution in [0.1, 0.15) is 87.8 Å². The second-order valence-electron chi connectivity index (χ2n) is 9.94. The molecule has 0 aromatic heterocycles. The Hall–Kier alpha value is -2.13. The van der Waals surface area contributed by atoms with Gasteiger partial charge in [-0.2, -0.15) is 0 Å². The van der Waals surface area contributed by atoms with Gasteiger partial charge in [0.05, 0.1) is 0 Å². The molecule has 166 valence electrons. The van der Waals surface area contributed by atoms with Crippen molar-refractivity contribution in [1.82, 2.24) is 4.90 Å². The van der Waals surface area contributed by atoms with Gasteiger partial charge in [0.25, 0.3) is 0 Å². The molecule has 0 spiro atoms. The minimum Gasteiger partial charge on any atom is -0.410 e. The summed E-state index contributed by atoms with van der Waals surface area (Å²) in [7, 11) is 0. The fourth-order valence-corrected chi connectivity index (χ4v) is 5.99. The molecule has 2 unspecified atom stereocenters. The number of nitrogens with zero attached hydrogens (tertiary/aromatic N) is 2. The van der Waals surface area contributed by atoms with E-state index in [0.717, 1.165) is 23.6 Å². The fraction of sp³-hybridized carbons (Fsp3) is 0.536. The predicted molar refractivity (Wildman–Crippen MR) is 129 cm³/mol. The number of likely N-dealkylation sites (tertiary alicyclic amines) is 1. The van der Waals surface area contributed by atoms with Crippen LogP contribution in [0.2, 0.25) is 0 Å². The standard InChI is InChI=1S/C28H38N2O/c1-22(21-30-19-10-9-18-28(30,2)26-16-7-4-8-17-26)24-14-11-15-25(20-24)27(29-31)23-12-5-3-6-13-23/h3,5-6,11-15,20,22,26,31H,4,7-10,16-19,21H2,1-2H3. The van der Waals surface area contributed by atoms with Crippen LogP contribution in [0.3, 0.4) is 0 Å². The Labute approximate surface area is 188 Å². The lowest BCUT2D eigenvalue weighted by atomic mass is 9.70. The molecule has 2 aromatic carbocycles. The smallest absolute Gasteiger partial charge is 0.117 e. The molecule has 1 saturated heterocycles. The van der Waals surface area contributed by atoms with Gasteiger partial charge in [0.15, 0.2) is 0 Å². The lowest BCUT2D eigenvalue weighted by Crippen LogP contribution is -2.55. The number of oxime groups is 1. The second-order valence-corrected chi connectivity index (χ2v) is 9.94. The number of piperidine rings is 1. The van der Waals surface area contributed by atoms with Gasteiger partial charge in [0.1, 0.15) is 5.71 Å². The SMILES string of the molecule is CC(CN1CCCCC1(C)C1CCCCC1)c1cccc(C(=NO)c2ccccc2)c1. The average molecular weight is 419 g/mol. The van der Waals surface area contributed by atoms with Crippen LogP contribution in [0.5, 0.6) is 0 Å². The molecule has 2 aromatic rings. The number of hydrogen-bond acceptors (Lipinski definition) is 3. The van der Waals surface area contributed by atoms with Gasteiger partial charge < -0.3 is 5.21 Å². The van der Waals surface area contributed by atoms with E-state index in [1.165, 1.54) is 63.5 Å². The summed E-state index contributed by atoms with van der Waals surface area (Å²) in [6, 6.07) is 18.5. The van der Waals surface area contributed by atoms with Crippen molar-refractivity contribution in [3.8, 4) is 0 Å². The molecule has 2 fully saturated rings. The molecule has 4 rings (SSSR count). The molecule has 1 saturated carbocycles. The van der Waals surface area contributed by atoms with Crippen LogP contribution in [-0.2, 0) is 0 Å². The van der Waals surface area contributed by atoms with E-state index >= 15 is 0 Å². The molecular weight excluding hydrogens is 380 g/mol. The maximum atomic E-state index is 9.72. The summed E-state index contributed by atoms with van der Waals surface area (Å²) in [5.74, 6) is 1.29. The van der Waals surface area contributed by atoms with Crippen LogP contribution >= 0.6 is 0 Å². The number of benzene rings is 2. The van der Waals surface area contributed by atoms with Crippen LogP contribution in [-0.4, -0.2) is 34.4 Å². The van der Waals surface area contributed by atoms with Crippen molar-refractivity contribution < 1.29 is 5.21 Å². The molecule has 3 heteroatoms. The first-order chi connectivity index (χ1) is 15.1. The summed E-state index contributed by atoms with van der Waals surface area (Å²) < 4.78 is 0. The molecule has 1 aliphatic heterocycles. The molecule has 2 atom stereocenters. The lowest BCUT2D eigenvalue weighted by Gasteiger charge is -2.52. The molecule has 0 radical (unpaired) electrons. The van der Waals surface area contributed by atoms with Gasteiger partial charge >= 0.3 is 0 Å². The first-order valence-corrected chi connectivity index (χ1v) is 12.2. The third-order valence-corrected chi connectivity index (χ3v) is 7.94. The third kappa shape index (κ3) is 4.87. The Morgan fingerprint density at radius 1 is 1.00 bits per heavy atom. The van der Waals surface area contributed by atoms with E-state index in [0.29, 0.717) is 17.2 Å². The van der Waals surface area contributed by atoms with Gasteiger partial charge in [-0.15, -0.1) is 0 Å². The van der Waals surface area contributed by atoms with Crippen LogP contribution in [0.25, 0.3) is 0 Å². The highest BCUT2D eigenvalue weighted by molar-refractivity contribution is 6.12. The van der Waals surface area contributed by atoms with Crippen LogP contribution in [0, 0.1) is 5.92 Å². The molecule has 3 nitrogen and oxygen atoms in total. The maximum absolute atomic E-state index is 9.72. The fourth-order valence-electron chi connectivity index (χ4n) is 5.99. The summed E-state index contributed by atoms with van der Waals surface area (Å²) in [5, 5.41) is 13.4. The summed E-state index contributed by atoms with van der Waals surface area (Å²) in [5.41, 5.74) is 4.24. The Balaban J connectivity index is 1.53. The zero-order valence-electron chi connectivity index (χ0n) is 19.3. The summed E-state index contributed by atoms with van der Waals surface area (Å²) in [6.45, 7) is 7.24. The van der Waals surface area contributed by atoms with Gasteiger partial charge in [-0.3, -0.25) is 4.90 Å². The van der Waals surface area contributed by atoms with E-state index in [1.54, 1.807) is 0 Å². The van der Waals surface area contributed by atoms with E-state index in [9.17, 15) is 5.21 Å². The van der Waals surface area contributed by atoms with E-state index in [-0.39, 0.29) is 0 Å². The van der Waals surface area contributed by atoms with Crippen molar-refractivity contribution in [2.45, 2.75) is 76.7 Å². The molecule has 1 aliphatic carbocycles. The van der Waals surface area contributed by atoms with Gasteiger partial charge in [0, 0.05) is 23.2 Å². The quantitative estimate of drug-likeness (QED) is 0.317. The normalized spacial score (nSPS) is 24.8. The monoisotopic (exact) mass is 418 g/mol. The van der Waals surface area contributed by atoms with Crippen molar-refractivity contribution in [1.29, 1.82) is 0 Å². The maximum Gasteiger partial charge on any atom is 0.117 e. The molecule has 1 heterocycles. The van der Waals surface area contributed by atoms with Gasteiger partial charge in [0.2, 0.25) is 0 Å². The predicted octanol–water partition coefficient (Wildman–Crippen LogP) is 6.84. The zero-order valence-corrected chi connectivity index (χ0v) is 19.3. The van der Waals surface area contributed by atoms with Crippen molar-refractivity contribution in [2.75, 3.05) is 13.1 Å². The van der Waals surface area contributed by atoms with Crippen molar-refractivity contribution in [3.63, 3.8) is 0 Å². The molecule has 1 N–H and O–H groups in total. The average Bonchev–Trinajstić information content (AvgIpc) is 2.82. The minimum absolute atomic E-state index is 0.353. The largest absolute Gasteiger partial charge is 0.410 e. The van der Waals surface area contributed by atoms with Crippen LogP contribution in [0.15, 0.2) is 59.8 Å². The first-order valence-electron chi connectivity index (χ1n) is 12.2. The highest BCUT2D eigenvalue weighted by Gasteiger charge is 2.41. The zero-order chi connectivity index (χ0) is 21.7. The van der Waals surface area contributed by atoms with E-state index in [1.807, 2.05) is 36.4 Å². The van der Waals surface area contributed by atoms with Crippen molar-refractivity contribution in [2.24, 2.45) is 11.1 Å². The minimum atomic E-state index is 0.353. The van der Waals surface area contributed by atoms with Crippen molar-refractivity contribution >= 4 is 5.71 Å². The van der Waals surface area contributed by atoms with Crippen molar-refractivity contribution in [3.05, 3.63) is 71.3 Å². The van der Waals surface area contributed by atoms with Gasteiger partial charge in [-0.1, -0.05) is 86.3 Å². The number of hydrogen-bond donors (Lipinski definition) is 1. The van der Waals surface area contributed by atoms with E-state index in [2.05, 4.69) is 42.1 Å². The Bertz CT molecular complexity index is 872. The molecular formula is C28H38N2O.